The molecule has 0 aliphatic carbocycles. The molecule has 1 unspecified atom stereocenters. The van der Waals surface area contributed by atoms with E-state index in [1.165, 1.54) is 16.3 Å². The second kappa shape index (κ2) is 6.39. The van der Waals surface area contributed by atoms with Crippen LogP contribution in [0, 0.1) is 0 Å². The fourth-order valence-corrected chi connectivity index (χ4v) is 3.30. The van der Waals surface area contributed by atoms with Gasteiger partial charge in [0.2, 0.25) is 0 Å². The van der Waals surface area contributed by atoms with Gasteiger partial charge in [-0.25, -0.2) is 0 Å². The first-order chi connectivity index (χ1) is 10.1. The molecule has 0 aliphatic rings. The summed E-state index contributed by atoms with van der Waals surface area (Å²) in [6.07, 6.45) is 0.789. The minimum Gasteiger partial charge on any atom is -0.117 e. The summed E-state index contributed by atoms with van der Waals surface area (Å²) in [6, 6.07) is 20.6. The lowest BCUT2D eigenvalue weighted by Crippen LogP contribution is -1.97. The van der Waals surface area contributed by atoms with Crippen LogP contribution in [0.2, 0.25) is 5.02 Å². The largest absolute Gasteiger partial charge is 0.117 e. The highest BCUT2D eigenvalue weighted by atomic mass is 79.9. The summed E-state index contributed by atoms with van der Waals surface area (Å²) < 4.78 is 0.880. The average molecular weight is 380 g/mol. The number of rotatable bonds is 3. The minimum atomic E-state index is -0.0793. The van der Waals surface area contributed by atoms with Gasteiger partial charge < -0.3 is 0 Å². The molecule has 0 aromatic heterocycles. The number of alkyl halides is 1. The van der Waals surface area contributed by atoms with Crippen LogP contribution in [0.25, 0.3) is 10.8 Å². The lowest BCUT2D eigenvalue weighted by molar-refractivity contribution is 0.926. The van der Waals surface area contributed by atoms with E-state index >= 15 is 0 Å². The predicted octanol–water partition coefficient (Wildman–Crippen LogP) is 6.78. The van der Waals surface area contributed by atoms with Crippen LogP contribution in [0.4, 0.5) is 0 Å². The first-order valence-electron chi connectivity index (χ1n) is 6.71. The molecule has 0 N–H and O–H groups in total. The number of hydrogen-bond acceptors (Lipinski definition) is 0. The fraction of sp³-hybridized carbons (Fsp3) is 0.111. The molecule has 0 nitrogen and oxygen atoms in total. The Hall–Kier alpha value is -1.02. The second-order valence-electron chi connectivity index (χ2n) is 4.98. The summed E-state index contributed by atoms with van der Waals surface area (Å²) in [6.45, 7) is 0. The standard InChI is InChI=1S/C18H13BrCl2/c19-16-10-14(8-9-17(16)20)18(21)11-13-6-3-5-12-4-1-2-7-15(12)13/h1-10,18H,11H2. The Morgan fingerprint density at radius 2 is 1.71 bits per heavy atom. The van der Waals surface area contributed by atoms with Crippen LogP contribution in [-0.2, 0) is 6.42 Å². The summed E-state index contributed by atoms with van der Waals surface area (Å²) in [5, 5.41) is 3.13. The van der Waals surface area contributed by atoms with Crippen molar-refractivity contribution in [1.82, 2.24) is 0 Å². The molecule has 0 amide bonds. The lowest BCUT2D eigenvalue weighted by Gasteiger charge is -2.13. The molecule has 21 heavy (non-hydrogen) atoms. The molecule has 0 radical (unpaired) electrons. The summed E-state index contributed by atoms with van der Waals surface area (Å²) >= 11 is 16.1. The van der Waals surface area contributed by atoms with Gasteiger partial charge in [-0.15, -0.1) is 11.6 Å². The Balaban J connectivity index is 1.92. The van der Waals surface area contributed by atoms with Gasteiger partial charge in [0.25, 0.3) is 0 Å². The van der Waals surface area contributed by atoms with Crippen molar-refractivity contribution < 1.29 is 0 Å². The number of hydrogen-bond donors (Lipinski definition) is 0. The predicted molar refractivity (Wildman–Crippen MR) is 95.4 cm³/mol. The highest BCUT2D eigenvalue weighted by Gasteiger charge is 2.12. The Bertz CT molecular complexity index is 778. The molecule has 0 aliphatic heterocycles. The van der Waals surface area contributed by atoms with Crippen molar-refractivity contribution in [1.29, 1.82) is 0 Å². The van der Waals surface area contributed by atoms with Crippen molar-refractivity contribution in [3.05, 3.63) is 81.3 Å². The van der Waals surface area contributed by atoms with E-state index in [1.54, 1.807) is 0 Å². The molecule has 3 aromatic carbocycles. The van der Waals surface area contributed by atoms with E-state index < -0.39 is 0 Å². The van der Waals surface area contributed by atoms with Gasteiger partial charge in [0.1, 0.15) is 0 Å². The molecule has 0 saturated heterocycles. The smallest absolute Gasteiger partial charge is 0.0626 e. The van der Waals surface area contributed by atoms with Gasteiger partial charge in [0.05, 0.1) is 10.4 Å². The van der Waals surface area contributed by atoms with Gasteiger partial charge in [0, 0.05) is 4.47 Å². The molecule has 0 bridgehead atoms. The number of fused-ring (bicyclic) bond motifs is 1. The van der Waals surface area contributed by atoms with Gasteiger partial charge in [-0.05, 0) is 56.4 Å². The van der Waals surface area contributed by atoms with Gasteiger partial charge in [0.15, 0.2) is 0 Å². The molecular weight excluding hydrogens is 367 g/mol. The van der Waals surface area contributed by atoms with E-state index in [-0.39, 0.29) is 5.38 Å². The molecule has 106 valence electrons. The zero-order valence-corrected chi connectivity index (χ0v) is 14.3. The van der Waals surface area contributed by atoms with Crippen LogP contribution in [0.5, 0.6) is 0 Å². The van der Waals surface area contributed by atoms with Crippen molar-refractivity contribution >= 4 is 49.9 Å². The normalized spacial score (nSPS) is 12.5. The van der Waals surface area contributed by atoms with Crippen molar-refractivity contribution in [2.24, 2.45) is 0 Å². The van der Waals surface area contributed by atoms with E-state index in [2.05, 4.69) is 58.4 Å². The summed E-state index contributed by atoms with van der Waals surface area (Å²) in [5.41, 5.74) is 2.33. The third-order valence-corrected chi connectivity index (χ3v) is 5.20. The number of halogens is 3. The summed E-state index contributed by atoms with van der Waals surface area (Å²) in [5.74, 6) is 0. The van der Waals surface area contributed by atoms with E-state index in [1.807, 2.05) is 18.2 Å². The maximum absolute atomic E-state index is 6.60. The first kappa shape index (κ1) is 14.9. The first-order valence-corrected chi connectivity index (χ1v) is 8.31. The zero-order valence-electron chi connectivity index (χ0n) is 11.2. The molecular formula is C18H13BrCl2. The zero-order chi connectivity index (χ0) is 14.8. The molecule has 3 rings (SSSR count). The third kappa shape index (κ3) is 3.26. The lowest BCUT2D eigenvalue weighted by atomic mass is 9.98. The van der Waals surface area contributed by atoms with Crippen molar-refractivity contribution in [2.75, 3.05) is 0 Å². The fourth-order valence-electron chi connectivity index (χ4n) is 2.49. The van der Waals surface area contributed by atoms with E-state index in [9.17, 15) is 0 Å². The summed E-state index contributed by atoms with van der Waals surface area (Å²) in [4.78, 5) is 0. The van der Waals surface area contributed by atoms with Gasteiger partial charge >= 0.3 is 0 Å². The van der Waals surface area contributed by atoms with Gasteiger partial charge in [-0.3, -0.25) is 0 Å². The monoisotopic (exact) mass is 378 g/mol. The highest BCUT2D eigenvalue weighted by molar-refractivity contribution is 9.10. The van der Waals surface area contributed by atoms with Crippen molar-refractivity contribution in [3.63, 3.8) is 0 Å². The minimum absolute atomic E-state index is 0.0793. The van der Waals surface area contributed by atoms with Crippen LogP contribution in [0.1, 0.15) is 16.5 Å². The Morgan fingerprint density at radius 3 is 2.52 bits per heavy atom. The molecule has 3 heteroatoms. The topological polar surface area (TPSA) is 0 Å². The number of benzene rings is 3. The van der Waals surface area contributed by atoms with Gasteiger partial charge in [-0.2, -0.15) is 0 Å². The second-order valence-corrected chi connectivity index (χ2v) is 6.77. The van der Waals surface area contributed by atoms with Gasteiger partial charge in [-0.1, -0.05) is 60.1 Å². The molecule has 0 heterocycles. The molecule has 1 atom stereocenters. The molecule has 3 aromatic rings. The molecule has 0 fully saturated rings. The van der Waals surface area contributed by atoms with Crippen molar-refractivity contribution in [3.8, 4) is 0 Å². The highest BCUT2D eigenvalue weighted by Crippen LogP contribution is 2.32. The summed E-state index contributed by atoms with van der Waals surface area (Å²) in [7, 11) is 0. The Labute approximate surface area is 142 Å². The van der Waals surface area contributed by atoms with Crippen LogP contribution in [0.3, 0.4) is 0 Å². The van der Waals surface area contributed by atoms with Crippen LogP contribution >= 0.6 is 39.1 Å². The van der Waals surface area contributed by atoms with Crippen LogP contribution < -0.4 is 0 Å². The van der Waals surface area contributed by atoms with Crippen LogP contribution in [0.15, 0.2) is 65.1 Å². The van der Waals surface area contributed by atoms with Crippen molar-refractivity contribution in [2.45, 2.75) is 11.8 Å². The van der Waals surface area contributed by atoms with E-state index in [0.29, 0.717) is 5.02 Å². The quantitative estimate of drug-likeness (QED) is 0.440. The third-order valence-electron chi connectivity index (χ3n) is 3.58. The Kier molecular flexibility index (Phi) is 4.54. The maximum atomic E-state index is 6.60. The molecule has 0 spiro atoms. The van der Waals surface area contributed by atoms with Crippen LogP contribution in [-0.4, -0.2) is 0 Å². The Morgan fingerprint density at radius 1 is 0.952 bits per heavy atom. The van der Waals surface area contributed by atoms with E-state index in [4.69, 9.17) is 23.2 Å². The average Bonchev–Trinajstić information content (AvgIpc) is 2.50. The molecule has 0 saturated carbocycles. The van der Waals surface area contributed by atoms with E-state index in [0.717, 1.165) is 16.5 Å². The SMILES string of the molecule is Clc1ccc(C(Cl)Cc2cccc3ccccc23)cc1Br. The maximum Gasteiger partial charge on any atom is 0.0626 e.